The Balaban J connectivity index is 1.49. The van der Waals surface area contributed by atoms with Crippen LogP contribution >= 0.6 is 0 Å². The molecule has 1 saturated carbocycles. The van der Waals surface area contributed by atoms with E-state index in [1.165, 1.54) is 5.56 Å². The zero-order valence-electron chi connectivity index (χ0n) is 18.0. The molecule has 0 N–H and O–H groups in total. The van der Waals surface area contributed by atoms with Gasteiger partial charge in [-0.15, -0.1) is 0 Å². The highest BCUT2D eigenvalue weighted by Crippen LogP contribution is 2.42. The van der Waals surface area contributed by atoms with E-state index in [0.717, 1.165) is 17.7 Å². The number of benzene rings is 1. The molecule has 1 aromatic heterocycles. The number of esters is 1. The molecule has 30 heavy (non-hydrogen) atoms. The van der Waals surface area contributed by atoms with Crippen molar-refractivity contribution < 1.29 is 18.8 Å². The van der Waals surface area contributed by atoms with Crippen LogP contribution in [-0.2, 0) is 20.7 Å². The van der Waals surface area contributed by atoms with Gasteiger partial charge in [-0.1, -0.05) is 41.9 Å². The summed E-state index contributed by atoms with van der Waals surface area (Å²) < 4.78 is 11.0. The molecule has 4 rings (SSSR count). The average Bonchev–Trinajstić information content (AvgIpc) is 3.30. The molecule has 1 aromatic carbocycles. The molecule has 2 atom stereocenters. The van der Waals surface area contributed by atoms with Crippen molar-refractivity contribution in [2.24, 2.45) is 17.3 Å². The second-order valence-corrected chi connectivity index (χ2v) is 8.87. The summed E-state index contributed by atoms with van der Waals surface area (Å²) in [5, 5.41) is 4.21. The van der Waals surface area contributed by atoms with Gasteiger partial charge >= 0.3 is 5.97 Å². The van der Waals surface area contributed by atoms with Gasteiger partial charge in [-0.05, 0) is 39.0 Å². The number of likely N-dealkylation sites (tertiary alicyclic amines) is 1. The van der Waals surface area contributed by atoms with E-state index < -0.39 is 5.41 Å². The lowest BCUT2D eigenvalue weighted by Gasteiger charge is -2.39. The minimum atomic E-state index is -0.675. The van der Waals surface area contributed by atoms with Gasteiger partial charge in [0.2, 0.25) is 5.91 Å². The topological polar surface area (TPSA) is 72.6 Å². The smallest absolute Gasteiger partial charge is 0.312 e. The molecular weight excluding hydrogens is 380 g/mol. The van der Waals surface area contributed by atoms with Gasteiger partial charge in [0, 0.05) is 37.1 Å². The number of amides is 1. The van der Waals surface area contributed by atoms with Gasteiger partial charge in [0.1, 0.15) is 11.5 Å². The summed E-state index contributed by atoms with van der Waals surface area (Å²) in [5.41, 5.74) is 2.26. The molecule has 0 radical (unpaired) electrons. The maximum absolute atomic E-state index is 12.9. The Labute approximate surface area is 177 Å². The molecule has 6 heteroatoms. The van der Waals surface area contributed by atoms with E-state index >= 15 is 0 Å². The molecule has 1 aliphatic carbocycles. The van der Waals surface area contributed by atoms with E-state index in [9.17, 15) is 9.59 Å². The summed E-state index contributed by atoms with van der Waals surface area (Å²) >= 11 is 0. The Bertz CT molecular complexity index is 910. The van der Waals surface area contributed by atoms with Crippen LogP contribution in [0.25, 0.3) is 11.3 Å². The number of carbonyl (C=O) groups excluding carboxylic acids is 2. The monoisotopic (exact) mass is 410 g/mol. The first kappa shape index (κ1) is 20.6. The number of rotatable bonds is 6. The first-order valence-corrected chi connectivity index (χ1v) is 10.9. The fourth-order valence-corrected chi connectivity index (χ4v) is 4.38. The zero-order valence-corrected chi connectivity index (χ0v) is 18.0. The predicted molar refractivity (Wildman–Crippen MR) is 113 cm³/mol. The molecule has 6 nitrogen and oxygen atoms in total. The number of hydrogen-bond acceptors (Lipinski definition) is 5. The van der Waals surface area contributed by atoms with E-state index in [1.807, 2.05) is 49.1 Å². The Morgan fingerprint density at radius 2 is 1.90 bits per heavy atom. The van der Waals surface area contributed by atoms with Crippen LogP contribution in [0.1, 0.15) is 44.4 Å². The average molecular weight is 411 g/mol. The first-order chi connectivity index (χ1) is 14.4. The van der Waals surface area contributed by atoms with Crippen LogP contribution in [0.4, 0.5) is 0 Å². The quantitative estimate of drug-likeness (QED) is 0.673. The maximum Gasteiger partial charge on any atom is 0.312 e. The lowest BCUT2D eigenvalue weighted by atomic mass is 9.74. The van der Waals surface area contributed by atoms with E-state index in [-0.39, 0.29) is 17.8 Å². The number of carbonyl (C=O) groups is 2. The number of piperidine rings is 1. The molecule has 0 bridgehead atoms. The fraction of sp³-hybridized carbons (Fsp3) is 0.542. The molecule has 2 fully saturated rings. The maximum atomic E-state index is 12.9. The van der Waals surface area contributed by atoms with Gasteiger partial charge in [-0.3, -0.25) is 9.59 Å². The number of aryl methyl sites for hydroxylation is 1. The molecule has 2 heterocycles. The SMILES string of the molecule is CCOC(=O)C1(Cc2cc(-c3ccc(C)cc3)no2)CCN(C(=O)[C@H]2C[C@@H]2C)CC1. The summed E-state index contributed by atoms with van der Waals surface area (Å²) in [6.07, 6.45) is 2.59. The summed E-state index contributed by atoms with van der Waals surface area (Å²) in [4.78, 5) is 27.4. The van der Waals surface area contributed by atoms with E-state index in [2.05, 4.69) is 12.1 Å². The van der Waals surface area contributed by atoms with E-state index in [1.54, 1.807) is 0 Å². The minimum Gasteiger partial charge on any atom is -0.466 e. The molecule has 0 spiro atoms. The van der Waals surface area contributed by atoms with Crippen LogP contribution in [0, 0.1) is 24.2 Å². The van der Waals surface area contributed by atoms with Crippen LogP contribution in [0.15, 0.2) is 34.9 Å². The standard InChI is InChI=1S/C24H30N2O4/c1-4-29-23(28)24(9-11-26(12-10-24)22(27)20-13-17(20)3)15-19-14-21(25-30-19)18-7-5-16(2)6-8-18/h5-8,14,17,20H,4,9-13,15H2,1-3H3/t17-,20-/m0/s1. The summed E-state index contributed by atoms with van der Waals surface area (Å²) in [5.74, 6) is 1.37. The third kappa shape index (κ3) is 4.13. The normalized spacial score (nSPS) is 22.6. The molecule has 1 aliphatic heterocycles. The van der Waals surface area contributed by atoms with Crippen molar-refractivity contribution in [2.45, 2.75) is 46.5 Å². The van der Waals surface area contributed by atoms with Crippen molar-refractivity contribution in [3.63, 3.8) is 0 Å². The lowest BCUT2D eigenvalue weighted by molar-refractivity contribution is -0.160. The number of hydrogen-bond donors (Lipinski definition) is 0. The third-order valence-electron chi connectivity index (χ3n) is 6.59. The molecule has 1 amide bonds. The van der Waals surface area contributed by atoms with Crippen LogP contribution in [-0.4, -0.2) is 41.6 Å². The Morgan fingerprint density at radius 1 is 1.23 bits per heavy atom. The van der Waals surface area contributed by atoms with E-state index in [0.29, 0.717) is 50.6 Å². The number of ether oxygens (including phenoxy) is 1. The minimum absolute atomic E-state index is 0.173. The van der Waals surface area contributed by atoms with Crippen LogP contribution < -0.4 is 0 Å². The number of nitrogens with zero attached hydrogens (tertiary/aromatic N) is 2. The molecule has 0 unspecified atom stereocenters. The molecule has 160 valence electrons. The second-order valence-electron chi connectivity index (χ2n) is 8.87. The zero-order chi connectivity index (χ0) is 21.3. The van der Waals surface area contributed by atoms with E-state index in [4.69, 9.17) is 9.26 Å². The van der Waals surface area contributed by atoms with Crippen molar-refractivity contribution in [2.75, 3.05) is 19.7 Å². The van der Waals surface area contributed by atoms with Gasteiger partial charge in [0.15, 0.2) is 0 Å². The van der Waals surface area contributed by atoms with Gasteiger partial charge in [0.05, 0.1) is 12.0 Å². The Kier molecular flexibility index (Phi) is 5.67. The summed E-state index contributed by atoms with van der Waals surface area (Å²) in [6, 6.07) is 10.0. The van der Waals surface area contributed by atoms with Crippen molar-refractivity contribution in [3.8, 4) is 11.3 Å². The molecule has 2 aliphatic rings. The fourth-order valence-electron chi connectivity index (χ4n) is 4.38. The molecule has 1 saturated heterocycles. The molecular formula is C24H30N2O4. The van der Waals surface area contributed by atoms with Gasteiger partial charge in [0.25, 0.3) is 0 Å². The second kappa shape index (κ2) is 8.25. The van der Waals surface area contributed by atoms with Crippen molar-refractivity contribution in [3.05, 3.63) is 41.7 Å². The van der Waals surface area contributed by atoms with Crippen molar-refractivity contribution in [1.29, 1.82) is 0 Å². The summed E-state index contributed by atoms with van der Waals surface area (Å²) in [6.45, 7) is 7.49. The van der Waals surface area contributed by atoms with Crippen molar-refractivity contribution in [1.82, 2.24) is 10.1 Å². The van der Waals surface area contributed by atoms with Gasteiger partial charge in [-0.25, -0.2) is 0 Å². The summed E-state index contributed by atoms with van der Waals surface area (Å²) in [7, 11) is 0. The van der Waals surface area contributed by atoms with Gasteiger partial charge in [-0.2, -0.15) is 0 Å². The van der Waals surface area contributed by atoms with Crippen LogP contribution in [0.3, 0.4) is 0 Å². The lowest BCUT2D eigenvalue weighted by Crippen LogP contribution is -2.48. The highest BCUT2D eigenvalue weighted by atomic mass is 16.5. The van der Waals surface area contributed by atoms with Crippen molar-refractivity contribution >= 4 is 11.9 Å². The predicted octanol–water partition coefficient (Wildman–Crippen LogP) is 4.02. The number of aromatic nitrogens is 1. The Morgan fingerprint density at radius 3 is 2.50 bits per heavy atom. The van der Waals surface area contributed by atoms with Crippen LogP contribution in [0.5, 0.6) is 0 Å². The highest BCUT2D eigenvalue weighted by Gasteiger charge is 2.47. The Hall–Kier alpha value is -2.63. The molecule has 2 aromatic rings. The van der Waals surface area contributed by atoms with Gasteiger partial charge < -0.3 is 14.2 Å². The highest BCUT2D eigenvalue weighted by molar-refractivity contribution is 5.82. The van der Waals surface area contributed by atoms with Crippen LogP contribution in [0.2, 0.25) is 0 Å². The largest absolute Gasteiger partial charge is 0.466 e. The third-order valence-corrected chi connectivity index (χ3v) is 6.59. The first-order valence-electron chi connectivity index (χ1n) is 10.9.